The number of hydrogen-bond donors (Lipinski definition) is 2. The van der Waals surface area contributed by atoms with Gasteiger partial charge in [-0.25, -0.2) is 0 Å². The van der Waals surface area contributed by atoms with E-state index in [4.69, 9.17) is 0 Å². The normalized spacial score (nSPS) is 11.3. The molecule has 0 aliphatic rings. The molecular weight excluding hydrogens is 228 g/mol. The van der Waals surface area contributed by atoms with Gasteiger partial charge in [-0.15, -0.1) is 0 Å². The third-order valence-corrected chi connectivity index (χ3v) is 2.27. The first kappa shape index (κ1) is 13.7. The quantitative estimate of drug-likeness (QED) is 0.473. The number of hydrogen-bond acceptors (Lipinski definition) is 2. The van der Waals surface area contributed by atoms with E-state index >= 15 is 0 Å². The zero-order chi connectivity index (χ0) is 13.4. The molecule has 0 heterocycles. The summed E-state index contributed by atoms with van der Waals surface area (Å²) >= 11 is 0. The second-order valence-corrected chi connectivity index (χ2v) is 3.81. The van der Waals surface area contributed by atoms with Crippen LogP contribution in [0.2, 0.25) is 0 Å². The van der Waals surface area contributed by atoms with Gasteiger partial charge in [0.15, 0.2) is 0 Å². The minimum Gasteiger partial charge on any atom is -0.335 e. The van der Waals surface area contributed by atoms with Gasteiger partial charge in [-0.1, -0.05) is 23.8 Å². The number of aryl methyl sites for hydroxylation is 1. The summed E-state index contributed by atoms with van der Waals surface area (Å²) in [6.45, 7) is 3.69. The number of nitrogens with one attached hydrogen (secondary N) is 2. The molecule has 4 heteroatoms. The Balaban J connectivity index is 2.59. The van der Waals surface area contributed by atoms with E-state index in [2.05, 4.69) is 10.6 Å². The largest absolute Gasteiger partial charge is 0.335 e. The lowest BCUT2D eigenvalue weighted by atomic mass is 10.2. The summed E-state index contributed by atoms with van der Waals surface area (Å²) in [4.78, 5) is 21.7. The minimum atomic E-state index is -0.172. The molecule has 0 fully saturated rings. The first-order valence-electron chi connectivity index (χ1n) is 5.54. The standard InChI is InChI=1S/C14H16N2O2/c1-11-5-7-13(8-6-11)16-14(18)12(2)4-3-9-15-10-17/h3-10H,1-2H3,(H,15,17)(H,16,18)/b9-3-,12-4+. The predicted molar refractivity (Wildman–Crippen MR) is 71.9 cm³/mol. The van der Waals surface area contributed by atoms with Crippen molar-refractivity contribution in [3.05, 3.63) is 53.8 Å². The fourth-order valence-electron chi connectivity index (χ4n) is 1.23. The van der Waals surface area contributed by atoms with Crippen molar-refractivity contribution in [1.29, 1.82) is 0 Å². The molecule has 0 spiro atoms. The second-order valence-electron chi connectivity index (χ2n) is 3.81. The van der Waals surface area contributed by atoms with Crippen molar-refractivity contribution < 1.29 is 9.59 Å². The highest BCUT2D eigenvalue weighted by molar-refractivity contribution is 6.03. The van der Waals surface area contributed by atoms with Crippen LogP contribution in [0.3, 0.4) is 0 Å². The van der Waals surface area contributed by atoms with Crippen LogP contribution in [-0.2, 0) is 9.59 Å². The van der Waals surface area contributed by atoms with Gasteiger partial charge < -0.3 is 10.6 Å². The molecule has 0 unspecified atom stereocenters. The zero-order valence-electron chi connectivity index (χ0n) is 10.4. The lowest BCUT2D eigenvalue weighted by Crippen LogP contribution is -2.12. The van der Waals surface area contributed by atoms with E-state index < -0.39 is 0 Å². The molecule has 18 heavy (non-hydrogen) atoms. The Morgan fingerprint density at radius 3 is 2.50 bits per heavy atom. The maximum atomic E-state index is 11.8. The molecule has 94 valence electrons. The fourth-order valence-corrected chi connectivity index (χ4v) is 1.23. The van der Waals surface area contributed by atoms with E-state index in [1.54, 1.807) is 19.1 Å². The van der Waals surface area contributed by atoms with Crippen LogP contribution in [-0.4, -0.2) is 12.3 Å². The molecule has 0 saturated carbocycles. The van der Waals surface area contributed by atoms with E-state index in [-0.39, 0.29) is 5.91 Å². The van der Waals surface area contributed by atoms with Crippen molar-refractivity contribution >= 4 is 18.0 Å². The molecule has 0 bridgehead atoms. The molecule has 0 aliphatic heterocycles. The molecule has 2 amide bonds. The number of rotatable bonds is 5. The van der Waals surface area contributed by atoms with Gasteiger partial charge in [0.2, 0.25) is 6.41 Å². The summed E-state index contributed by atoms with van der Waals surface area (Å²) in [5.41, 5.74) is 2.45. The predicted octanol–water partition coefficient (Wildman–Crippen LogP) is 2.14. The fraction of sp³-hybridized carbons (Fsp3) is 0.143. The van der Waals surface area contributed by atoms with Crippen molar-refractivity contribution in [2.24, 2.45) is 0 Å². The van der Waals surface area contributed by atoms with Crippen LogP contribution in [0.5, 0.6) is 0 Å². The molecule has 0 atom stereocenters. The van der Waals surface area contributed by atoms with Crippen LogP contribution in [0.4, 0.5) is 5.69 Å². The van der Waals surface area contributed by atoms with Crippen molar-refractivity contribution in [3.8, 4) is 0 Å². The number of amides is 2. The zero-order valence-corrected chi connectivity index (χ0v) is 10.4. The lowest BCUT2D eigenvalue weighted by Gasteiger charge is -2.05. The minimum absolute atomic E-state index is 0.172. The third kappa shape index (κ3) is 4.65. The van der Waals surface area contributed by atoms with Crippen molar-refractivity contribution in [1.82, 2.24) is 5.32 Å². The van der Waals surface area contributed by atoms with Gasteiger partial charge in [0.1, 0.15) is 0 Å². The average molecular weight is 244 g/mol. The van der Waals surface area contributed by atoms with Crippen LogP contribution >= 0.6 is 0 Å². The first-order chi connectivity index (χ1) is 8.63. The smallest absolute Gasteiger partial charge is 0.251 e. The summed E-state index contributed by atoms with van der Waals surface area (Å²) in [5, 5.41) is 5.14. The summed E-state index contributed by atoms with van der Waals surface area (Å²) in [7, 11) is 0. The molecule has 4 nitrogen and oxygen atoms in total. The van der Waals surface area contributed by atoms with E-state index in [9.17, 15) is 9.59 Å². The summed E-state index contributed by atoms with van der Waals surface area (Å²) in [6, 6.07) is 7.57. The SMILES string of the molecule is C/C(=C\C=C/NC=O)C(=O)Nc1ccc(C)cc1. The van der Waals surface area contributed by atoms with Crippen LogP contribution < -0.4 is 10.6 Å². The summed E-state index contributed by atoms with van der Waals surface area (Å²) in [6.07, 6.45) is 5.24. The highest BCUT2D eigenvalue weighted by Gasteiger charge is 2.03. The Labute approximate surface area is 106 Å². The highest BCUT2D eigenvalue weighted by atomic mass is 16.1. The maximum absolute atomic E-state index is 11.8. The summed E-state index contributed by atoms with van der Waals surface area (Å²) in [5.74, 6) is -0.172. The molecule has 0 radical (unpaired) electrons. The molecule has 1 aromatic rings. The summed E-state index contributed by atoms with van der Waals surface area (Å²) < 4.78 is 0. The highest BCUT2D eigenvalue weighted by Crippen LogP contribution is 2.09. The van der Waals surface area contributed by atoms with Crippen LogP contribution in [0.15, 0.2) is 48.2 Å². The van der Waals surface area contributed by atoms with Crippen molar-refractivity contribution in [2.75, 3.05) is 5.32 Å². The lowest BCUT2D eigenvalue weighted by molar-refractivity contribution is -0.112. The Morgan fingerprint density at radius 1 is 1.22 bits per heavy atom. The number of allylic oxidation sites excluding steroid dienone is 2. The van der Waals surface area contributed by atoms with Crippen molar-refractivity contribution in [3.63, 3.8) is 0 Å². The van der Waals surface area contributed by atoms with E-state index in [0.717, 1.165) is 11.3 Å². The van der Waals surface area contributed by atoms with Crippen molar-refractivity contribution in [2.45, 2.75) is 13.8 Å². The Bertz CT molecular complexity index is 473. The number of carbonyl (C=O) groups excluding carboxylic acids is 2. The van der Waals surface area contributed by atoms with Gasteiger partial charge in [-0.3, -0.25) is 9.59 Å². The molecule has 1 aromatic carbocycles. The molecule has 1 rings (SSSR count). The van der Waals surface area contributed by atoms with E-state index in [1.807, 2.05) is 31.2 Å². The Hall–Kier alpha value is -2.36. The molecular formula is C14H16N2O2. The molecule has 0 aliphatic carbocycles. The number of carbonyl (C=O) groups is 2. The van der Waals surface area contributed by atoms with Crippen LogP contribution in [0, 0.1) is 6.92 Å². The second kappa shape index (κ2) is 7.06. The monoisotopic (exact) mass is 244 g/mol. The molecule has 0 saturated heterocycles. The first-order valence-corrected chi connectivity index (χ1v) is 5.54. The van der Waals surface area contributed by atoms with Gasteiger partial charge >= 0.3 is 0 Å². The van der Waals surface area contributed by atoms with E-state index in [0.29, 0.717) is 12.0 Å². The third-order valence-electron chi connectivity index (χ3n) is 2.27. The van der Waals surface area contributed by atoms with E-state index in [1.165, 1.54) is 6.20 Å². The number of benzene rings is 1. The maximum Gasteiger partial charge on any atom is 0.251 e. The van der Waals surface area contributed by atoms with Crippen LogP contribution in [0.25, 0.3) is 0 Å². The average Bonchev–Trinajstić information content (AvgIpc) is 2.37. The molecule has 2 N–H and O–H groups in total. The van der Waals surface area contributed by atoms with Gasteiger partial charge in [-0.2, -0.15) is 0 Å². The van der Waals surface area contributed by atoms with Gasteiger partial charge in [0, 0.05) is 17.5 Å². The topological polar surface area (TPSA) is 58.2 Å². The Morgan fingerprint density at radius 2 is 1.89 bits per heavy atom. The molecule has 0 aromatic heterocycles. The Kier molecular flexibility index (Phi) is 5.38. The van der Waals surface area contributed by atoms with Crippen LogP contribution in [0.1, 0.15) is 12.5 Å². The van der Waals surface area contributed by atoms with Gasteiger partial charge in [0.25, 0.3) is 5.91 Å². The number of anilines is 1. The van der Waals surface area contributed by atoms with Gasteiger partial charge in [-0.05, 0) is 32.1 Å². The van der Waals surface area contributed by atoms with Gasteiger partial charge in [0.05, 0.1) is 0 Å².